The predicted octanol–water partition coefficient (Wildman–Crippen LogP) is 5.17. The molecule has 1 aromatic heterocycles. The molecule has 0 amide bonds. The second-order valence-corrected chi connectivity index (χ2v) is 7.39. The number of hydrogen-bond acceptors (Lipinski definition) is 3. The molecule has 0 aliphatic carbocycles. The van der Waals surface area contributed by atoms with Crippen molar-refractivity contribution in [2.75, 3.05) is 18.4 Å². The highest BCUT2D eigenvalue weighted by Gasteiger charge is 2.15. The van der Waals surface area contributed by atoms with Gasteiger partial charge in [0.2, 0.25) is 0 Å². The minimum atomic E-state index is 0.280. The molecular weight excluding hydrogens is 300 g/mol. The highest BCUT2D eigenvalue weighted by Crippen LogP contribution is 2.30. The van der Waals surface area contributed by atoms with Crippen molar-refractivity contribution < 1.29 is 0 Å². The maximum atomic E-state index is 6.04. The molecule has 2 aromatic rings. The number of nitrogens with one attached hydrogen (secondary N) is 1. The van der Waals surface area contributed by atoms with Gasteiger partial charge in [0.05, 0.1) is 10.4 Å². The summed E-state index contributed by atoms with van der Waals surface area (Å²) in [5.74, 6) is 0. The molecule has 1 aliphatic heterocycles. The van der Waals surface area contributed by atoms with Gasteiger partial charge < -0.3 is 5.32 Å². The topological polar surface area (TPSA) is 15.3 Å². The van der Waals surface area contributed by atoms with Crippen LogP contribution in [0.15, 0.2) is 36.4 Å². The van der Waals surface area contributed by atoms with Gasteiger partial charge in [-0.3, -0.25) is 4.90 Å². The van der Waals surface area contributed by atoms with Crippen LogP contribution in [0.5, 0.6) is 0 Å². The molecule has 4 heteroatoms. The monoisotopic (exact) mass is 320 g/mol. The number of rotatable bonds is 5. The molecule has 1 aromatic carbocycles. The number of para-hydroxylation sites is 1. The molecule has 112 valence electrons. The van der Waals surface area contributed by atoms with Crippen molar-refractivity contribution in [2.45, 2.75) is 32.4 Å². The van der Waals surface area contributed by atoms with E-state index in [2.05, 4.69) is 47.5 Å². The van der Waals surface area contributed by atoms with Crippen molar-refractivity contribution in [1.82, 2.24) is 4.90 Å². The van der Waals surface area contributed by atoms with Gasteiger partial charge in [0.15, 0.2) is 0 Å². The standard InChI is InChI=1S/C17H21ClN2S/c1-13(16-8-9-17(18)21-16)19-15-7-3-2-6-14(15)12-20-10-4-5-11-20/h2-3,6-9,13,19H,4-5,10-12H2,1H3. The summed E-state index contributed by atoms with van der Waals surface area (Å²) >= 11 is 7.68. The molecule has 0 radical (unpaired) electrons. The number of likely N-dealkylation sites (tertiary alicyclic amines) is 1. The third-order valence-corrected chi connectivity index (χ3v) is 5.42. The fraction of sp³-hybridized carbons (Fsp3) is 0.412. The van der Waals surface area contributed by atoms with Gasteiger partial charge in [0.25, 0.3) is 0 Å². The van der Waals surface area contributed by atoms with Crippen molar-refractivity contribution in [1.29, 1.82) is 0 Å². The maximum Gasteiger partial charge on any atom is 0.0932 e. The largest absolute Gasteiger partial charge is 0.377 e. The van der Waals surface area contributed by atoms with Gasteiger partial charge in [0, 0.05) is 17.1 Å². The van der Waals surface area contributed by atoms with Crippen LogP contribution in [0.4, 0.5) is 5.69 Å². The van der Waals surface area contributed by atoms with Crippen LogP contribution < -0.4 is 5.32 Å². The Labute approximate surface area is 135 Å². The van der Waals surface area contributed by atoms with Crippen molar-refractivity contribution >= 4 is 28.6 Å². The van der Waals surface area contributed by atoms with E-state index < -0.39 is 0 Å². The molecule has 1 unspecified atom stereocenters. The van der Waals surface area contributed by atoms with E-state index in [1.165, 1.54) is 42.1 Å². The summed E-state index contributed by atoms with van der Waals surface area (Å²) in [5, 5.41) is 3.64. The first-order valence-electron chi connectivity index (χ1n) is 7.54. The van der Waals surface area contributed by atoms with E-state index in [0.29, 0.717) is 0 Å². The lowest BCUT2D eigenvalue weighted by atomic mass is 10.1. The number of anilines is 1. The minimum Gasteiger partial charge on any atom is -0.377 e. The smallest absolute Gasteiger partial charge is 0.0932 e. The van der Waals surface area contributed by atoms with E-state index >= 15 is 0 Å². The predicted molar refractivity (Wildman–Crippen MR) is 92.3 cm³/mol. The van der Waals surface area contributed by atoms with Crippen LogP contribution >= 0.6 is 22.9 Å². The van der Waals surface area contributed by atoms with Crippen LogP contribution in [0.1, 0.15) is 36.2 Å². The molecule has 2 nitrogen and oxygen atoms in total. The average Bonchev–Trinajstić information content (AvgIpc) is 3.12. The molecule has 0 bridgehead atoms. The van der Waals surface area contributed by atoms with Gasteiger partial charge in [-0.2, -0.15) is 0 Å². The van der Waals surface area contributed by atoms with Gasteiger partial charge in [-0.05, 0) is 56.6 Å². The molecule has 3 rings (SSSR count). The van der Waals surface area contributed by atoms with Crippen LogP contribution in [-0.4, -0.2) is 18.0 Å². The quantitative estimate of drug-likeness (QED) is 0.817. The Morgan fingerprint density at radius 1 is 1.19 bits per heavy atom. The Morgan fingerprint density at radius 2 is 1.95 bits per heavy atom. The molecule has 1 N–H and O–H groups in total. The van der Waals surface area contributed by atoms with Gasteiger partial charge in [-0.1, -0.05) is 29.8 Å². The Kier molecular flexibility index (Phi) is 4.84. The lowest BCUT2D eigenvalue weighted by molar-refractivity contribution is 0.332. The molecule has 1 fully saturated rings. The zero-order valence-electron chi connectivity index (χ0n) is 12.3. The zero-order valence-corrected chi connectivity index (χ0v) is 13.9. The van der Waals surface area contributed by atoms with Crippen LogP contribution in [0.3, 0.4) is 0 Å². The number of halogens is 1. The lowest BCUT2D eigenvalue weighted by Gasteiger charge is -2.20. The first-order chi connectivity index (χ1) is 10.2. The van der Waals surface area contributed by atoms with Gasteiger partial charge in [0.1, 0.15) is 0 Å². The molecule has 1 aliphatic rings. The van der Waals surface area contributed by atoms with E-state index in [4.69, 9.17) is 11.6 Å². The summed E-state index contributed by atoms with van der Waals surface area (Å²) in [4.78, 5) is 3.81. The van der Waals surface area contributed by atoms with Crippen LogP contribution in [-0.2, 0) is 6.54 Å². The molecule has 1 saturated heterocycles. The Hall–Kier alpha value is -1.03. The fourth-order valence-electron chi connectivity index (χ4n) is 2.85. The van der Waals surface area contributed by atoms with E-state index in [9.17, 15) is 0 Å². The van der Waals surface area contributed by atoms with Gasteiger partial charge in [-0.15, -0.1) is 11.3 Å². The maximum absolute atomic E-state index is 6.04. The van der Waals surface area contributed by atoms with Crippen LogP contribution in [0.25, 0.3) is 0 Å². The van der Waals surface area contributed by atoms with Gasteiger partial charge >= 0.3 is 0 Å². The molecular formula is C17H21ClN2S. The highest BCUT2D eigenvalue weighted by molar-refractivity contribution is 7.16. The van der Waals surface area contributed by atoms with Crippen molar-refractivity contribution in [3.63, 3.8) is 0 Å². The zero-order chi connectivity index (χ0) is 14.7. The molecule has 0 spiro atoms. The normalized spacial score (nSPS) is 17.0. The summed E-state index contributed by atoms with van der Waals surface area (Å²) in [6.45, 7) is 5.69. The third kappa shape index (κ3) is 3.79. The van der Waals surface area contributed by atoms with E-state index in [0.717, 1.165) is 10.9 Å². The fourth-order valence-corrected chi connectivity index (χ4v) is 3.91. The summed E-state index contributed by atoms with van der Waals surface area (Å²) in [5.41, 5.74) is 2.62. The van der Waals surface area contributed by atoms with Crippen LogP contribution in [0, 0.1) is 0 Å². The third-order valence-electron chi connectivity index (χ3n) is 4.00. The average molecular weight is 321 g/mol. The summed E-state index contributed by atoms with van der Waals surface area (Å²) in [6, 6.07) is 13.0. The second-order valence-electron chi connectivity index (χ2n) is 5.65. The Balaban J connectivity index is 1.72. The van der Waals surface area contributed by atoms with Crippen molar-refractivity contribution in [2.24, 2.45) is 0 Å². The molecule has 21 heavy (non-hydrogen) atoms. The number of hydrogen-bond donors (Lipinski definition) is 1. The van der Waals surface area contributed by atoms with Crippen molar-refractivity contribution in [3.8, 4) is 0 Å². The van der Waals surface area contributed by atoms with Gasteiger partial charge in [-0.25, -0.2) is 0 Å². The van der Waals surface area contributed by atoms with Crippen molar-refractivity contribution in [3.05, 3.63) is 51.2 Å². The van der Waals surface area contributed by atoms with E-state index in [1.54, 1.807) is 11.3 Å². The molecule has 2 heterocycles. The number of thiophene rings is 1. The molecule has 0 saturated carbocycles. The Morgan fingerprint density at radius 3 is 2.67 bits per heavy atom. The molecule has 1 atom stereocenters. The summed E-state index contributed by atoms with van der Waals surface area (Å²) < 4.78 is 0.851. The Bertz CT molecular complexity index is 590. The first-order valence-corrected chi connectivity index (χ1v) is 8.74. The SMILES string of the molecule is CC(Nc1ccccc1CN1CCCC1)c1ccc(Cl)s1. The first kappa shape index (κ1) is 14.9. The van der Waals surface area contributed by atoms with E-state index in [1.807, 2.05) is 6.07 Å². The lowest BCUT2D eigenvalue weighted by Crippen LogP contribution is -2.19. The summed E-state index contributed by atoms with van der Waals surface area (Å²) in [7, 11) is 0. The van der Waals surface area contributed by atoms with E-state index in [-0.39, 0.29) is 6.04 Å². The summed E-state index contributed by atoms with van der Waals surface area (Å²) in [6.07, 6.45) is 2.67. The number of nitrogens with zero attached hydrogens (tertiary/aromatic N) is 1. The van der Waals surface area contributed by atoms with Crippen LogP contribution in [0.2, 0.25) is 4.34 Å². The minimum absolute atomic E-state index is 0.280. The second kappa shape index (κ2) is 6.82. The number of benzene rings is 1. The highest BCUT2D eigenvalue weighted by atomic mass is 35.5.